The molecule has 0 saturated carbocycles. The molecule has 2 N–H and O–H groups in total. The predicted octanol–water partition coefficient (Wildman–Crippen LogP) is 2.41. The minimum absolute atomic E-state index is 0.288. The van der Waals surface area contributed by atoms with Gasteiger partial charge in [-0.2, -0.15) is 0 Å². The summed E-state index contributed by atoms with van der Waals surface area (Å²) in [5, 5.41) is 2.67. The molecule has 0 fully saturated rings. The number of carbonyl (C=O) groups excluding carboxylic acids is 2. The average Bonchev–Trinajstić information content (AvgIpc) is 3.15. The van der Waals surface area contributed by atoms with Gasteiger partial charge in [-0.05, 0) is 74.7 Å². The zero-order chi connectivity index (χ0) is 21.2. The number of esters is 1. The standard InChI is InChI=1S/C20H21FN2O5S/c1-12(19(24)23-15-7-6-13-4-3-5-14(13)10-15)28-20(25)17-11-16(8-9-18(17)21)29(26,27)22-2/h6-12,22H,3-5H2,1-2H3,(H,23,24). The molecule has 0 bridgehead atoms. The summed E-state index contributed by atoms with van der Waals surface area (Å²) in [6.45, 7) is 1.35. The number of nitrogens with one attached hydrogen (secondary N) is 2. The Morgan fingerprint density at radius 1 is 1.10 bits per heavy atom. The first-order valence-corrected chi connectivity index (χ1v) is 10.6. The molecule has 1 atom stereocenters. The summed E-state index contributed by atoms with van der Waals surface area (Å²) < 4.78 is 44.8. The smallest absolute Gasteiger partial charge is 0.341 e. The van der Waals surface area contributed by atoms with E-state index in [1.807, 2.05) is 12.1 Å². The lowest BCUT2D eigenvalue weighted by molar-refractivity contribution is -0.123. The Bertz CT molecular complexity index is 1070. The largest absolute Gasteiger partial charge is 0.449 e. The summed E-state index contributed by atoms with van der Waals surface area (Å²) in [5.74, 6) is -2.65. The molecule has 29 heavy (non-hydrogen) atoms. The molecule has 0 aromatic heterocycles. The van der Waals surface area contributed by atoms with E-state index in [9.17, 15) is 22.4 Å². The second kappa shape index (κ2) is 8.30. The zero-order valence-corrected chi connectivity index (χ0v) is 16.8. The maximum atomic E-state index is 14.0. The molecule has 0 radical (unpaired) electrons. The number of hydrogen-bond donors (Lipinski definition) is 2. The molecule has 0 aliphatic heterocycles. The van der Waals surface area contributed by atoms with Gasteiger partial charge in [-0.15, -0.1) is 0 Å². The number of sulfonamides is 1. The highest BCUT2D eigenvalue weighted by Gasteiger charge is 2.24. The van der Waals surface area contributed by atoms with Gasteiger partial charge < -0.3 is 10.1 Å². The molecule has 0 spiro atoms. The molecular weight excluding hydrogens is 399 g/mol. The van der Waals surface area contributed by atoms with Crippen LogP contribution in [0, 0.1) is 5.82 Å². The van der Waals surface area contributed by atoms with Crippen LogP contribution in [-0.2, 0) is 32.4 Å². The van der Waals surface area contributed by atoms with E-state index in [2.05, 4.69) is 10.0 Å². The summed E-state index contributed by atoms with van der Waals surface area (Å²) in [7, 11) is -2.67. The van der Waals surface area contributed by atoms with Crippen LogP contribution < -0.4 is 10.0 Å². The van der Waals surface area contributed by atoms with Crippen LogP contribution in [0.3, 0.4) is 0 Å². The average molecular weight is 420 g/mol. The topological polar surface area (TPSA) is 102 Å². The second-order valence-electron chi connectivity index (χ2n) is 6.72. The van der Waals surface area contributed by atoms with Crippen molar-refractivity contribution in [3.8, 4) is 0 Å². The minimum atomic E-state index is -3.87. The van der Waals surface area contributed by atoms with E-state index >= 15 is 0 Å². The Morgan fingerprint density at radius 2 is 1.83 bits per heavy atom. The van der Waals surface area contributed by atoms with Crippen molar-refractivity contribution in [2.24, 2.45) is 0 Å². The van der Waals surface area contributed by atoms with E-state index in [1.54, 1.807) is 6.07 Å². The Morgan fingerprint density at radius 3 is 2.55 bits per heavy atom. The lowest BCUT2D eigenvalue weighted by atomic mass is 10.1. The molecule has 1 unspecified atom stereocenters. The number of hydrogen-bond acceptors (Lipinski definition) is 5. The van der Waals surface area contributed by atoms with Gasteiger partial charge in [0.25, 0.3) is 5.91 Å². The normalized spacial score (nSPS) is 14.2. The van der Waals surface area contributed by atoms with E-state index in [1.165, 1.54) is 25.1 Å². The van der Waals surface area contributed by atoms with Crippen LogP contribution in [0.25, 0.3) is 0 Å². The molecule has 1 aliphatic rings. The van der Waals surface area contributed by atoms with Gasteiger partial charge in [-0.3, -0.25) is 4.79 Å². The van der Waals surface area contributed by atoms with Crippen molar-refractivity contribution in [2.45, 2.75) is 37.2 Å². The second-order valence-corrected chi connectivity index (χ2v) is 8.61. The summed E-state index contributed by atoms with van der Waals surface area (Å²) >= 11 is 0. The number of aryl methyl sites for hydroxylation is 2. The quantitative estimate of drug-likeness (QED) is 0.699. The number of rotatable bonds is 6. The molecule has 7 nitrogen and oxygen atoms in total. The minimum Gasteiger partial charge on any atom is -0.449 e. The summed E-state index contributed by atoms with van der Waals surface area (Å²) in [6, 6.07) is 8.38. The molecular formula is C20H21FN2O5S. The summed E-state index contributed by atoms with van der Waals surface area (Å²) in [5.41, 5.74) is 2.46. The van der Waals surface area contributed by atoms with Crippen LogP contribution in [0.2, 0.25) is 0 Å². The molecule has 2 aromatic carbocycles. The highest BCUT2D eigenvalue weighted by Crippen LogP contribution is 2.25. The van der Waals surface area contributed by atoms with Crippen molar-refractivity contribution in [2.75, 3.05) is 12.4 Å². The first-order chi connectivity index (χ1) is 13.7. The third-order valence-corrected chi connectivity index (χ3v) is 6.17. The molecule has 0 heterocycles. The maximum absolute atomic E-state index is 14.0. The lowest BCUT2D eigenvalue weighted by Gasteiger charge is -2.15. The van der Waals surface area contributed by atoms with Gasteiger partial charge >= 0.3 is 5.97 Å². The van der Waals surface area contributed by atoms with Crippen molar-refractivity contribution in [3.05, 3.63) is 58.9 Å². The highest BCUT2D eigenvalue weighted by molar-refractivity contribution is 7.89. The van der Waals surface area contributed by atoms with Crippen LogP contribution in [0.1, 0.15) is 34.8 Å². The number of anilines is 1. The Labute approximate surface area is 168 Å². The van der Waals surface area contributed by atoms with Crippen molar-refractivity contribution in [1.82, 2.24) is 4.72 Å². The number of halogens is 1. The molecule has 0 saturated heterocycles. The first-order valence-electron chi connectivity index (χ1n) is 9.08. The van der Waals surface area contributed by atoms with Gasteiger partial charge in [-0.1, -0.05) is 6.07 Å². The number of carbonyl (C=O) groups is 2. The molecule has 9 heteroatoms. The van der Waals surface area contributed by atoms with Crippen LogP contribution in [-0.4, -0.2) is 33.4 Å². The number of fused-ring (bicyclic) bond motifs is 1. The molecule has 1 amide bonds. The Kier molecular flexibility index (Phi) is 5.99. The Balaban J connectivity index is 1.70. The van der Waals surface area contributed by atoms with Crippen LogP contribution in [0.15, 0.2) is 41.3 Å². The van der Waals surface area contributed by atoms with Gasteiger partial charge in [0, 0.05) is 5.69 Å². The lowest BCUT2D eigenvalue weighted by Crippen LogP contribution is -2.30. The van der Waals surface area contributed by atoms with Gasteiger partial charge in [0.1, 0.15) is 5.82 Å². The summed E-state index contributed by atoms with van der Waals surface area (Å²) in [4.78, 5) is 24.4. The Hall–Kier alpha value is -2.78. The van der Waals surface area contributed by atoms with E-state index in [-0.39, 0.29) is 4.90 Å². The number of amides is 1. The maximum Gasteiger partial charge on any atom is 0.341 e. The van der Waals surface area contributed by atoms with E-state index in [4.69, 9.17) is 4.74 Å². The van der Waals surface area contributed by atoms with Gasteiger partial charge in [-0.25, -0.2) is 22.3 Å². The predicted molar refractivity (Wildman–Crippen MR) is 105 cm³/mol. The fourth-order valence-electron chi connectivity index (χ4n) is 3.12. The fraction of sp³-hybridized carbons (Fsp3) is 0.300. The monoisotopic (exact) mass is 420 g/mol. The van der Waals surface area contributed by atoms with E-state index in [0.717, 1.165) is 37.5 Å². The highest BCUT2D eigenvalue weighted by atomic mass is 32.2. The molecule has 1 aliphatic carbocycles. The van der Waals surface area contributed by atoms with Crippen molar-refractivity contribution in [1.29, 1.82) is 0 Å². The molecule has 3 rings (SSSR count). The van der Waals surface area contributed by atoms with Gasteiger partial charge in [0.05, 0.1) is 10.5 Å². The van der Waals surface area contributed by atoms with E-state index < -0.39 is 39.4 Å². The molecule has 2 aromatic rings. The number of benzene rings is 2. The van der Waals surface area contributed by atoms with E-state index in [0.29, 0.717) is 5.69 Å². The van der Waals surface area contributed by atoms with Crippen molar-refractivity contribution < 1.29 is 27.1 Å². The number of ether oxygens (including phenoxy) is 1. The van der Waals surface area contributed by atoms with Gasteiger partial charge in [0.2, 0.25) is 10.0 Å². The van der Waals surface area contributed by atoms with Crippen LogP contribution in [0.4, 0.5) is 10.1 Å². The molecule has 154 valence electrons. The third kappa shape index (κ3) is 4.63. The first kappa shape index (κ1) is 20.9. The van der Waals surface area contributed by atoms with Crippen LogP contribution in [0.5, 0.6) is 0 Å². The SMILES string of the molecule is CNS(=O)(=O)c1ccc(F)c(C(=O)OC(C)C(=O)Nc2ccc3c(c2)CCC3)c1. The van der Waals surface area contributed by atoms with Crippen molar-refractivity contribution in [3.63, 3.8) is 0 Å². The van der Waals surface area contributed by atoms with Crippen LogP contribution >= 0.6 is 0 Å². The fourth-order valence-corrected chi connectivity index (χ4v) is 3.87. The zero-order valence-electron chi connectivity index (χ0n) is 16.0. The van der Waals surface area contributed by atoms with Gasteiger partial charge in [0.15, 0.2) is 6.10 Å². The van der Waals surface area contributed by atoms with Crippen molar-refractivity contribution >= 4 is 27.6 Å². The summed E-state index contributed by atoms with van der Waals surface area (Å²) in [6.07, 6.45) is 1.84. The third-order valence-electron chi connectivity index (χ3n) is 4.76.